The van der Waals surface area contributed by atoms with E-state index in [1.807, 2.05) is 52.0 Å². The number of anilines is 3. The van der Waals surface area contributed by atoms with Crippen LogP contribution >= 0.6 is 11.3 Å². The minimum atomic E-state index is -0.511. The van der Waals surface area contributed by atoms with Gasteiger partial charge in [-0.2, -0.15) is 16.4 Å². The number of fused-ring (bicyclic) bond motifs is 1. The van der Waals surface area contributed by atoms with E-state index in [1.165, 1.54) is 11.3 Å². The van der Waals surface area contributed by atoms with Gasteiger partial charge < -0.3 is 21.4 Å². The topological polar surface area (TPSA) is 135 Å². The molecule has 0 fully saturated rings. The molecule has 0 aliphatic carbocycles. The highest BCUT2D eigenvalue weighted by Gasteiger charge is 2.18. The van der Waals surface area contributed by atoms with Gasteiger partial charge >= 0.3 is 6.03 Å². The van der Waals surface area contributed by atoms with Crippen LogP contribution in [0.3, 0.4) is 0 Å². The van der Waals surface area contributed by atoms with Gasteiger partial charge in [-0.05, 0) is 54.3 Å². The number of thiophene rings is 1. The molecule has 44 heavy (non-hydrogen) atoms. The van der Waals surface area contributed by atoms with Crippen LogP contribution in [0.4, 0.5) is 26.4 Å². The van der Waals surface area contributed by atoms with E-state index in [9.17, 15) is 9.59 Å². The van der Waals surface area contributed by atoms with E-state index < -0.39 is 17.3 Å². The van der Waals surface area contributed by atoms with Gasteiger partial charge in [0.15, 0.2) is 11.6 Å². The number of rotatable bonds is 8. The van der Waals surface area contributed by atoms with Gasteiger partial charge in [0.2, 0.25) is 0 Å². The molecule has 0 saturated heterocycles. The SMILES string of the molecule is Cc1ccc(N/C(=C\C(=N)C(C)(C)C)NC(=O)Nc2ccc(-c3ccc4c(NC(=O)c5ccsc5)n[nH]c4c3F)cc2)cc1. The fourth-order valence-electron chi connectivity index (χ4n) is 4.22. The van der Waals surface area contributed by atoms with Crippen LogP contribution in [0, 0.1) is 23.6 Å². The summed E-state index contributed by atoms with van der Waals surface area (Å²) in [5, 5.41) is 30.7. The molecule has 0 saturated carbocycles. The van der Waals surface area contributed by atoms with Crippen LogP contribution in [0.15, 0.2) is 89.4 Å². The molecule has 3 aromatic carbocycles. The Balaban J connectivity index is 1.29. The number of urea groups is 1. The van der Waals surface area contributed by atoms with Crippen LogP contribution in [-0.4, -0.2) is 27.8 Å². The van der Waals surface area contributed by atoms with Crippen molar-refractivity contribution < 1.29 is 14.0 Å². The van der Waals surface area contributed by atoms with Gasteiger partial charge in [-0.15, -0.1) is 0 Å². The number of hydrogen-bond donors (Lipinski definition) is 6. The van der Waals surface area contributed by atoms with Crippen molar-refractivity contribution >= 4 is 57.1 Å². The number of halogens is 1. The number of H-pyrrole nitrogens is 1. The molecule has 0 bridgehead atoms. The molecule has 11 heteroatoms. The molecule has 0 unspecified atom stereocenters. The van der Waals surface area contributed by atoms with Crippen molar-refractivity contribution in [2.75, 3.05) is 16.0 Å². The molecule has 224 valence electrons. The van der Waals surface area contributed by atoms with Gasteiger partial charge in [0.25, 0.3) is 5.91 Å². The Labute approximate surface area is 258 Å². The third kappa shape index (κ3) is 7.01. The van der Waals surface area contributed by atoms with Crippen LogP contribution < -0.4 is 21.3 Å². The largest absolute Gasteiger partial charge is 0.342 e. The molecule has 5 aromatic rings. The molecule has 6 N–H and O–H groups in total. The zero-order chi connectivity index (χ0) is 31.4. The molecule has 0 spiro atoms. The van der Waals surface area contributed by atoms with Gasteiger partial charge in [-0.1, -0.05) is 56.7 Å². The summed E-state index contributed by atoms with van der Waals surface area (Å²) in [6.45, 7) is 7.76. The summed E-state index contributed by atoms with van der Waals surface area (Å²) in [7, 11) is 0. The first-order valence-electron chi connectivity index (χ1n) is 13.8. The number of aryl methyl sites for hydroxylation is 1. The predicted octanol–water partition coefficient (Wildman–Crippen LogP) is 8.13. The average Bonchev–Trinajstić information content (AvgIpc) is 3.66. The number of benzene rings is 3. The summed E-state index contributed by atoms with van der Waals surface area (Å²) in [5.41, 5.74) is 3.89. The van der Waals surface area contributed by atoms with E-state index >= 15 is 4.39 Å². The lowest BCUT2D eigenvalue weighted by Gasteiger charge is -2.20. The predicted molar refractivity (Wildman–Crippen MR) is 176 cm³/mol. The molecule has 0 radical (unpaired) electrons. The monoisotopic (exact) mass is 609 g/mol. The molecule has 3 amide bonds. The highest BCUT2D eigenvalue weighted by atomic mass is 32.1. The second kappa shape index (κ2) is 12.5. The van der Waals surface area contributed by atoms with E-state index in [2.05, 4.69) is 31.5 Å². The smallest absolute Gasteiger partial charge is 0.324 e. The Kier molecular flexibility index (Phi) is 8.59. The van der Waals surface area contributed by atoms with E-state index in [-0.39, 0.29) is 17.2 Å². The molecule has 2 heterocycles. The summed E-state index contributed by atoms with van der Waals surface area (Å²) in [6, 6.07) is 19.0. The van der Waals surface area contributed by atoms with Crippen molar-refractivity contribution in [1.29, 1.82) is 5.41 Å². The first-order chi connectivity index (χ1) is 21.0. The van der Waals surface area contributed by atoms with Gasteiger partial charge in [-0.25, -0.2) is 9.18 Å². The second-order valence-electron chi connectivity index (χ2n) is 11.3. The fourth-order valence-corrected chi connectivity index (χ4v) is 4.86. The zero-order valence-corrected chi connectivity index (χ0v) is 25.4. The number of allylic oxidation sites excluding steroid dienone is 1. The third-order valence-corrected chi connectivity index (χ3v) is 7.50. The first-order valence-corrected chi connectivity index (χ1v) is 14.8. The number of hydrogen-bond acceptors (Lipinski definition) is 6. The van der Waals surface area contributed by atoms with E-state index in [0.717, 1.165) is 11.3 Å². The van der Waals surface area contributed by atoms with Crippen molar-refractivity contribution in [3.63, 3.8) is 0 Å². The van der Waals surface area contributed by atoms with Crippen LogP contribution in [0.5, 0.6) is 0 Å². The Morgan fingerprint density at radius 3 is 2.27 bits per heavy atom. The summed E-state index contributed by atoms with van der Waals surface area (Å²) in [4.78, 5) is 25.4. The number of aromatic nitrogens is 2. The molecular weight excluding hydrogens is 577 g/mol. The zero-order valence-electron chi connectivity index (χ0n) is 24.6. The maximum atomic E-state index is 15.5. The van der Waals surface area contributed by atoms with E-state index in [0.29, 0.717) is 39.3 Å². The Hall–Kier alpha value is -5.29. The standard InChI is InChI=1S/C33H32FN7O2S/c1-19-5-9-22(10-6-19)36-27(17-26(35)33(2,3)4)38-32(43)37-23-11-7-20(8-12-23)24-13-14-25-29(28(24)34)40-41-30(25)39-31(42)21-15-16-44-18-21/h5-18,35-36H,1-4H3,(H2,37,38,43)(H2,39,40,41,42)/b27-17+,35-26?. The Morgan fingerprint density at radius 2 is 1.61 bits per heavy atom. The van der Waals surface area contributed by atoms with Gasteiger partial charge in [0.1, 0.15) is 11.3 Å². The maximum absolute atomic E-state index is 15.5. The number of nitrogens with one attached hydrogen (secondary N) is 6. The molecule has 0 aliphatic rings. The normalized spacial score (nSPS) is 11.7. The van der Waals surface area contributed by atoms with Crippen molar-refractivity contribution in [1.82, 2.24) is 15.5 Å². The van der Waals surface area contributed by atoms with Crippen LogP contribution in [0.1, 0.15) is 36.7 Å². The summed E-state index contributed by atoms with van der Waals surface area (Å²) in [6.07, 6.45) is 1.59. The molecule has 0 aliphatic heterocycles. The average molecular weight is 610 g/mol. The highest BCUT2D eigenvalue weighted by Crippen LogP contribution is 2.32. The van der Waals surface area contributed by atoms with Gasteiger partial charge in [0, 0.05) is 44.9 Å². The number of aromatic amines is 1. The van der Waals surface area contributed by atoms with Crippen molar-refractivity contribution in [2.45, 2.75) is 27.7 Å². The number of amides is 3. The Bertz CT molecular complexity index is 1850. The van der Waals surface area contributed by atoms with Crippen LogP contribution in [0.2, 0.25) is 0 Å². The molecule has 5 rings (SSSR count). The minimum Gasteiger partial charge on any atom is -0.342 e. The van der Waals surface area contributed by atoms with Crippen molar-refractivity contribution in [3.05, 3.63) is 106 Å². The minimum absolute atomic E-state index is 0.172. The number of carbonyl (C=O) groups is 2. The van der Waals surface area contributed by atoms with Gasteiger partial charge in [-0.3, -0.25) is 15.2 Å². The molecule has 2 aromatic heterocycles. The quantitative estimate of drug-likeness (QED) is 0.0990. The van der Waals surface area contributed by atoms with Crippen molar-refractivity contribution in [2.24, 2.45) is 5.41 Å². The lowest BCUT2D eigenvalue weighted by molar-refractivity contribution is 0.102. The van der Waals surface area contributed by atoms with E-state index in [1.54, 1.807) is 59.3 Å². The molecule has 9 nitrogen and oxygen atoms in total. The summed E-state index contributed by atoms with van der Waals surface area (Å²) < 4.78 is 15.5. The van der Waals surface area contributed by atoms with Crippen molar-refractivity contribution in [3.8, 4) is 11.1 Å². The molecule has 0 atom stereocenters. The van der Waals surface area contributed by atoms with Gasteiger partial charge in [0.05, 0.1) is 5.56 Å². The fraction of sp³-hybridized carbons (Fsp3) is 0.152. The maximum Gasteiger partial charge on any atom is 0.324 e. The molecular formula is C33H32FN7O2S. The number of carbonyl (C=O) groups excluding carboxylic acids is 2. The second-order valence-corrected chi connectivity index (χ2v) is 12.0. The van der Waals surface area contributed by atoms with E-state index in [4.69, 9.17) is 5.41 Å². The van der Waals surface area contributed by atoms with Crippen LogP contribution in [-0.2, 0) is 0 Å². The van der Waals surface area contributed by atoms with Crippen LogP contribution in [0.25, 0.3) is 22.0 Å². The number of nitrogens with zero attached hydrogens (tertiary/aromatic N) is 1. The highest BCUT2D eigenvalue weighted by molar-refractivity contribution is 7.08. The summed E-state index contributed by atoms with van der Waals surface area (Å²) in [5.74, 6) is -0.237. The lowest BCUT2D eigenvalue weighted by atomic mass is 9.90. The first kappa shape index (κ1) is 30.2. The summed E-state index contributed by atoms with van der Waals surface area (Å²) >= 11 is 1.41. The third-order valence-electron chi connectivity index (χ3n) is 6.82. The Morgan fingerprint density at radius 1 is 0.932 bits per heavy atom. The lowest BCUT2D eigenvalue weighted by Crippen LogP contribution is -2.32.